The molecule has 0 aliphatic heterocycles. The van der Waals surface area contributed by atoms with Crippen LogP contribution in [0.1, 0.15) is 5.89 Å². The van der Waals surface area contributed by atoms with Gasteiger partial charge in [-0.25, -0.2) is 9.97 Å². The highest BCUT2D eigenvalue weighted by Gasteiger charge is 2.08. The first kappa shape index (κ1) is 12.2. The van der Waals surface area contributed by atoms with Gasteiger partial charge < -0.3 is 10.2 Å². The van der Waals surface area contributed by atoms with Crippen LogP contribution in [0.3, 0.4) is 0 Å². The summed E-state index contributed by atoms with van der Waals surface area (Å²) in [6.07, 6.45) is 2.99. The van der Waals surface area contributed by atoms with Gasteiger partial charge in [0.25, 0.3) is 5.56 Å². The lowest BCUT2D eigenvalue weighted by Gasteiger charge is -2.00. The number of anilines is 1. The van der Waals surface area contributed by atoms with Crippen LogP contribution in [-0.4, -0.2) is 14.5 Å². The van der Waals surface area contributed by atoms with Crippen molar-refractivity contribution in [2.45, 2.75) is 6.54 Å². The second-order valence-corrected chi connectivity index (χ2v) is 5.17. The van der Waals surface area contributed by atoms with E-state index in [0.29, 0.717) is 26.2 Å². The van der Waals surface area contributed by atoms with Crippen molar-refractivity contribution >= 4 is 39.4 Å². The lowest BCUT2D eigenvalue weighted by molar-refractivity contribution is 0.501. The van der Waals surface area contributed by atoms with Gasteiger partial charge in [0.2, 0.25) is 5.89 Å². The summed E-state index contributed by atoms with van der Waals surface area (Å²) in [6, 6.07) is 5.24. The van der Waals surface area contributed by atoms with Crippen LogP contribution in [0.15, 0.2) is 39.9 Å². The maximum absolute atomic E-state index is 11.9. The Morgan fingerprint density at radius 3 is 3.11 bits per heavy atom. The minimum absolute atomic E-state index is 0.114. The molecule has 2 heterocycles. The van der Waals surface area contributed by atoms with E-state index in [2.05, 4.69) is 9.97 Å². The van der Waals surface area contributed by atoms with Crippen molar-refractivity contribution in [3.8, 4) is 0 Å². The molecule has 0 aliphatic rings. The summed E-state index contributed by atoms with van der Waals surface area (Å²) in [5.74, 6) is 0.450. The summed E-state index contributed by atoms with van der Waals surface area (Å²) in [5.41, 5.74) is 7.52. The molecule has 0 radical (unpaired) electrons. The number of nitrogens with zero attached hydrogens (tertiary/aromatic N) is 3. The standard InChI is InChI=1S/C12H9IN4O2/c13-8-4-15-6-17(12(8)18)5-11-16-9-3-7(14)1-2-10(9)19-11/h1-4,6H,5,14H2. The van der Waals surface area contributed by atoms with Crippen LogP contribution in [0.5, 0.6) is 0 Å². The quantitative estimate of drug-likeness (QED) is 0.549. The van der Waals surface area contributed by atoms with Crippen molar-refractivity contribution in [1.82, 2.24) is 14.5 Å². The lowest BCUT2D eigenvalue weighted by Crippen LogP contribution is -2.23. The Kier molecular flexibility index (Phi) is 2.97. The normalized spacial score (nSPS) is 11.0. The van der Waals surface area contributed by atoms with Crippen molar-refractivity contribution in [2.24, 2.45) is 0 Å². The number of halogens is 1. The monoisotopic (exact) mass is 368 g/mol. The van der Waals surface area contributed by atoms with E-state index in [1.165, 1.54) is 17.1 Å². The first-order chi connectivity index (χ1) is 9.13. The number of rotatable bonds is 2. The van der Waals surface area contributed by atoms with Gasteiger partial charge in [-0.15, -0.1) is 0 Å². The summed E-state index contributed by atoms with van der Waals surface area (Å²) >= 11 is 1.95. The Morgan fingerprint density at radius 2 is 2.26 bits per heavy atom. The summed E-state index contributed by atoms with van der Waals surface area (Å²) in [4.78, 5) is 20.1. The zero-order chi connectivity index (χ0) is 13.4. The van der Waals surface area contributed by atoms with Crippen LogP contribution < -0.4 is 11.3 Å². The lowest BCUT2D eigenvalue weighted by atomic mass is 10.3. The molecule has 0 saturated heterocycles. The number of oxazole rings is 1. The molecule has 0 amide bonds. The Hall–Kier alpha value is -1.90. The third-order valence-electron chi connectivity index (χ3n) is 2.62. The van der Waals surface area contributed by atoms with Gasteiger partial charge >= 0.3 is 0 Å². The molecule has 3 rings (SSSR count). The molecule has 0 fully saturated rings. The minimum Gasteiger partial charge on any atom is -0.439 e. The largest absolute Gasteiger partial charge is 0.439 e. The van der Waals surface area contributed by atoms with Crippen LogP contribution in [0.25, 0.3) is 11.1 Å². The van der Waals surface area contributed by atoms with Gasteiger partial charge in [-0.05, 0) is 40.8 Å². The predicted octanol–water partition coefficient (Wildman–Crippen LogP) is 1.62. The molecule has 2 aromatic heterocycles. The fraction of sp³-hybridized carbons (Fsp3) is 0.0833. The van der Waals surface area contributed by atoms with Crippen molar-refractivity contribution in [2.75, 3.05) is 5.73 Å². The second-order valence-electron chi connectivity index (χ2n) is 4.01. The van der Waals surface area contributed by atoms with Crippen molar-refractivity contribution in [3.63, 3.8) is 0 Å². The third-order valence-corrected chi connectivity index (χ3v) is 3.36. The van der Waals surface area contributed by atoms with E-state index in [4.69, 9.17) is 10.2 Å². The number of aromatic nitrogens is 3. The van der Waals surface area contributed by atoms with Crippen LogP contribution in [0.4, 0.5) is 5.69 Å². The molecule has 0 spiro atoms. The van der Waals surface area contributed by atoms with Gasteiger partial charge in [-0.1, -0.05) is 0 Å². The van der Waals surface area contributed by atoms with Gasteiger partial charge in [0, 0.05) is 11.9 Å². The molecule has 96 valence electrons. The molecule has 7 heteroatoms. The van der Waals surface area contributed by atoms with Crippen molar-refractivity contribution in [3.05, 3.63) is 50.5 Å². The first-order valence-electron chi connectivity index (χ1n) is 5.48. The zero-order valence-electron chi connectivity index (χ0n) is 9.71. The Labute approximate surface area is 121 Å². The molecule has 1 aromatic carbocycles. The van der Waals surface area contributed by atoms with Gasteiger partial charge in [0.1, 0.15) is 12.1 Å². The zero-order valence-corrected chi connectivity index (χ0v) is 11.9. The number of hydrogen-bond donors (Lipinski definition) is 1. The summed E-state index contributed by atoms with van der Waals surface area (Å²) in [6.45, 7) is 0.247. The average molecular weight is 368 g/mol. The fourth-order valence-electron chi connectivity index (χ4n) is 1.74. The highest BCUT2D eigenvalue weighted by Crippen LogP contribution is 2.18. The van der Waals surface area contributed by atoms with E-state index < -0.39 is 0 Å². The van der Waals surface area contributed by atoms with Gasteiger partial charge in [0.15, 0.2) is 5.58 Å². The topological polar surface area (TPSA) is 86.9 Å². The Bertz CT molecular complexity index is 809. The third kappa shape index (κ3) is 2.33. The van der Waals surface area contributed by atoms with E-state index in [0.717, 1.165) is 0 Å². The molecule has 2 N–H and O–H groups in total. The summed E-state index contributed by atoms with van der Waals surface area (Å²) in [5, 5.41) is 0. The summed E-state index contributed by atoms with van der Waals surface area (Å²) in [7, 11) is 0. The number of fused-ring (bicyclic) bond motifs is 1. The molecule has 0 unspecified atom stereocenters. The van der Waals surface area contributed by atoms with Crippen LogP contribution in [0.2, 0.25) is 0 Å². The molecule has 0 bridgehead atoms. The van der Waals surface area contributed by atoms with Crippen LogP contribution in [-0.2, 0) is 6.54 Å². The Morgan fingerprint density at radius 1 is 1.42 bits per heavy atom. The molecule has 19 heavy (non-hydrogen) atoms. The maximum Gasteiger partial charge on any atom is 0.267 e. The van der Waals surface area contributed by atoms with Crippen LogP contribution >= 0.6 is 22.6 Å². The molecular formula is C12H9IN4O2. The van der Waals surface area contributed by atoms with E-state index in [1.54, 1.807) is 18.2 Å². The predicted molar refractivity (Wildman–Crippen MR) is 78.7 cm³/mol. The maximum atomic E-state index is 11.9. The molecule has 0 atom stereocenters. The summed E-state index contributed by atoms with van der Waals surface area (Å²) < 4.78 is 7.58. The van der Waals surface area contributed by atoms with E-state index >= 15 is 0 Å². The fourth-order valence-corrected chi connectivity index (χ4v) is 2.21. The van der Waals surface area contributed by atoms with Crippen molar-refractivity contribution < 1.29 is 4.42 Å². The molecule has 6 nitrogen and oxygen atoms in total. The highest BCUT2D eigenvalue weighted by atomic mass is 127. The second kappa shape index (κ2) is 4.65. The number of nitrogens with two attached hydrogens (primary N) is 1. The van der Waals surface area contributed by atoms with E-state index in [9.17, 15) is 4.79 Å². The number of benzene rings is 1. The first-order valence-corrected chi connectivity index (χ1v) is 6.56. The van der Waals surface area contributed by atoms with Crippen LogP contribution in [0, 0.1) is 3.57 Å². The Balaban J connectivity index is 2.01. The number of nitrogen functional groups attached to an aromatic ring is 1. The van der Waals surface area contributed by atoms with Gasteiger partial charge in [-0.3, -0.25) is 9.36 Å². The number of hydrogen-bond acceptors (Lipinski definition) is 5. The smallest absolute Gasteiger partial charge is 0.267 e. The van der Waals surface area contributed by atoms with Gasteiger partial charge in [-0.2, -0.15) is 0 Å². The van der Waals surface area contributed by atoms with E-state index in [1.807, 2.05) is 22.6 Å². The van der Waals surface area contributed by atoms with Gasteiger partial charge in [0.05, 0.1) is 9.90 Å². The van der Waals surface area contributed by atoms with E-state index in [-0.39, 0.29) is 12.1 Å². The minimum atomic E-state index is -0.114. The van der Waals surface area contributed by atoms with Crippen molar-refractivity contribution in [1.29, 1.82) is 0 Å². The SMILES string of the molecule is Nc1ccc2oc(Cn3cncc(I)c3=O)nc2c1. The molecule has 0 aliphatic carbocycles. The average Bonchev–Trinajstić information content (AvgIpc) is 2.76. The molecular weight excluding hydrogens is 359 g/mol. The highest BCUT2D eigenvalue weighted by molar-refractivity contribution is 14.1. The molecule has 0 saturated carbocycles. The molecule has 3 aromatic rings.